The number of aliphatic hydroxyl groups excluding tert-OH is 1. The number of thioether (sulfide) groups is 1. The van der Waals surface area contributed by atoms with Gasteiger partial charge in [0.05, 0.1) is 18.0 Å². The Hall–Kier alpha value is -1.00. The minimum atomic E-state index is 0.0120. The molecule has 1 aromatic carbocycles. The highest BCUT2D eigenvalue weighted by atomic mass is 32.2. The number of benzene rings is 1. The molecule has 0 saturated heterocycles. The summed E-state index contributed by atoms with van der Waals surface area (Å²) >= 11 is 1.56. The standard InChI is InChI=1S/C12H15NO2S/c1-8(2)13-10-5-9(6-14)3-4-11(10)16-7-12(13)15/h3-5,8,14H,6-7H2,1-2H3. The van der Waals surface area contributed by atoms with Crippen molar-refractivity contribution in [2.24, 2.45) is 0 Å². The summed E-state index contributed by atoms with van der Waals surface area (Å²) in [5, 5.41) is 9.12. The molecule has 0 spiro atoms. The van der Waals surface area contributed by atoms with E-state index in [1.165, 1.54) is 0 Å². The molecule has 0 unspecified atom stereocenters. The number of nitrogens with zero attached hydrogens (tertiary/aromatic N) is 1. The summed E-state index contributed by atoms with van der Waals surface area (Å²) in [6.07, 6.45) is 0. The third-order valence-corrected chi connectivity index (χ3v) is 3.65. The van der Waals surface area contributed by atoms with Gasteiger partial charge >= 0.3 is 0 Å². The summed E-state index contributed by atoms with van der Waals surface area (Å²) in [4.78, 5) is 14.8. The minimum Gasteiger partial charge on any atom is -0.392 e. The van der Waals surface area contributed by atoms with Crippen LogP contribution in [0.3, 0.4) is 0 Å². The van der Waals surface area contributed by atoms with E-state index in [0.717, 1.165) is 16.1 Å². The van der Waals surface area contributed by atoms with Gasteiger partial charge in [-0.25, -0.2) is 0 Å². The minimum absolute atomic E-state index is 0.0120. The molecule has 1 amide bonds. The second kappa shape index (κ2) is 4.47. The summed E-state index contributed by atoms with van der Waals surface area (Å²) in [5.41, 5.74) is 1.78. The molecular formula is C12H15NO2S. The van der Waals surface area contributed by atoms with Crippen LogP contribution < -0.4 is 4.90 Å². The van der Waals surface area contributed by atoms with E-state index in [9.17, 15) is 4.79 Å². The molecule has 0 aliphatic carbocycles. The fourth-order valence-electron chi connectivity index (χ4n) is 1.88. The van der Waals surface area contributed by atoms with Crippen molar-refractivity contribution < 1.29 is 9.90 Å². The molecule has 0 atom stereocenters. The smallest absolute Gasteiger partial charge is 0.237 e. The lowest BCUT2D eigenvalue weighted by molar-refractivity contribution is -0.116. The van der Waals surface area contributed by atoms with Crippen LogP contribution in [0.25, 0.3) is 0 Å². The molecule has 4 heteroatoms. The first kappa shape index (κ1) is 11.5. The number of hydrogen-bond donors (Lipinski definition) is 1. The van der Waals surface area contributed by atoms with Gasteiger partial charge in [-0.1, -0.05) is 6.07 Å². The van der Waals surface area contributed by atoms with E-state index in [0.29, 0.717) is 5.75 Å². The van der Waals surface area contributed by atoms with E-state index < -0.39 is 0 Å². The Balaban J connectivity index is 2.48. The SMILES string of the molecule is CC(C)N1C(=O)CSc2ccc(CO)cc21. The van der Waals surface area contributed by atoms with Gasteiger partial charge in [-0.05, 0) is 31.5 Å². The molecule has 0 radical (unpaired) electrons. The zero-order valence-corrected chi connectivity index (χ0v) is 10.3. The van der Waals surface area contributed by atoms with Gasteiger partial charge < -0.3 is 10.0 Å². The Morgan fingerprint density at radius 3 is 2.88 bits per heavy atom. The average Bonchev–Trinajstić information content (AvgIpc) is 2.27. The van der Waals surface area contributed by atoms with Crippen LogP contribution >= 0.6 is 11.8 Å². The molecule has 1 heterocycles. The van der Waals surface area contributed by atoms with Gasteiger partial charge in [-0.2, -0.15) is 0 Å². The van der Waals surface area contributed by atoms with Crippen LogP contribution in [-0.2, 0) is 11.4 Å². The van der Waals surface area contributed by atoms with Crippen molar-refractivity contribution in [1.82, 2.24) is 0 Å². The van der Waals surface area contributed by atoms with E-state index in [1.807, 2.05) is 36.9 Å². The Morgan fingerprint density at radius 2 is 2.25 bits per heavy atom. The number of fused-ring (bicyclic) bond motifs is 1. The third kappa shape index (κ3) is 1.95. The Kier molecular flexibility index (Phi) is 3.21. The molecule has 0 aromatic heterocycles. The van der Waals surface area contributed by atoms with Crippen molar-refractivity contribution in [3.8, 4) is 0 Å². The van der Waals surface area contributed by atoms with Crippen LogP contribution in [0.5, 0.6) is 0 Å². The first-order valence-corrected chi connectivity index (χ1v) is 6.30. The zero-order chi connectivity index (χ0) is 11.7. The fourth-order valence-corrected chi connectivity index (χ4v) is 2.77. The fraction of sp³-hybridized carbons (Fsp3) is 0.417. The number of rotatable bonds is 2. The van der Waals surface area contributed by atoms with Crippen molar-refractivity contribution >= 4 is 23.4 Å². The van der Waals surface area contributed by atoms with E-state index >= 15 is 0 Å². The summed E-state index contributed by atoms with van der Waals surface area (Å²) in [6.45, 7) is 4.02. The largest absolute Gasteiger partial charge is 0.392 e. The van der Waals surface area contributed by atoms with Gasteiger partial charge in [0.15, 0.2) is 0 Å². The quantitative estimate of drug-likeness (QED) is 0.855. The number of hydrogen-bond acceptors (Lipinski definition) is 3. The topological polar surface area (TPSA) is 40.5 Å². The summed E-state index contributed by atoms with van der Waals surface area (Å²) in [7, 11) is 0. The van der Waals surface area contributed by atoms with Crippen LogP contribution in [0, 0.1) is 0 Å². The molecule has 86 valence electrons. The highest BCUT2D eigenvalue weighted by Gasteiger charge is 2.26. The maximum Gasteiger partial charge on any atom is 0.237 e. The number of amides is 1. The number of anilines is 1. The first-order chi connectivity index (χ1) is 7.63. The molecule has 0 fully saturated rings. The Bertz CT molecular complexity index is 417. The van der Waals surface area contributed by atoms with Crippen molar-refractivity contribution in [2.75, 3.05) is 10.7 Å². The van der Waals surface area contributed by atoms with Gasteiger partial charge in [-0.3, -0.25) is 4.79 Å². The number of aliphatic hydroxyl groups is 1. The van der Waals surface area contributed by atoms with Crippen LogP contribution in [-0.4, -0.2) is 22.8 Å². The predicted octanol–water partition coefficient (Wildman–Crippen LogP) is 2.03. The van der Waals surface area contributed by atoms with Crippen LogP contribution in [0.4, 0.5) is 5.69 Å². The molecule has 3 nitrogen and oxygen atoms in total. The number of carbonyl (C=O) groups is 1. The summed E-state index contributed by atoms with van der Waals surface area (Å²) < 4.78 is 0. The monoisotopic (exact) mass is 237 g/mol. The molecule has 1 aliphatic heterocycles. The first-order valence-electron chi connectivity index (χ1n) is 5.32. The normalized spacial score (nSPS) is 15.5. The van der Waals surface area contributed by atoms with Crippen molar-refractivity contribution in [1.29, 1.82) is 0 Å². The molecule has 1 aliphatic rings. The van der Waals surface area contributed by atoms with Crippen LogP contribution in [0.1, 0.15) is 19.4 Å². The number of carbonyl (C=O) groups excluding carboxylic acids is 1. The van der Waals surface area contributed by atoms with Gasteiger partial charge in [-0.15, -0.1) is 11.8 Å². The second-order valence-electron chi connectivity index (χ2n) is 4.11. The van der Waals surface area contributed by atoms with Gasteiger partial charge in [0.1, 0.15) is 0 Å². The third-order valence-electron chi connectivity index (χ3n) is 2.60. The van der Waals surface area contributed by atoms with E-state index in [2.05, 4.69) is 0 Å². The predicted molar refractivity (Wildman–Crippen MR) is 65.7 cm³/mol. The van der Waals surface area contributed by atoms with E-state index in [4.69, 9.17) is 5.11 Å². The van der Waals surface area contributed by atoms with E-state index in [-0.39, 0.29) is 18.6 Å². The molecule has 2 rings (SSSR count). The lowest BCUT2D eigenvalue weighted by Crippen LogP contribution is -2.40. The van der Waals surface area contributed by atoms with Crippen LogP contribution in [0.2, 0.25) is 0 Å². The molecule has 1 aromatic rings. The molecule has 1 N–H and O–H groups in total. The molecule has 0 bridgehead atoms. The molecule has 16 heavy (non-hydrogen) atoms. The molecule has 0 saturated carbocycles. The summed E-state index contributed by atoms with van der Waals surface area (Å²) in [6, 6.07) is 5.94. The molecular weight excluding hydrogens is 222 g/mol. The van der Waals surface area contributed by atoms with E-state index in [1.54, 1.807) is 11.8 Å². The van der Waals surface area contributed by atoms with Crippen molar-refractivity contribution in [3.63, 3.8) is 0 Å². The van der Waals surface area contributed by atoms with Crippen LogP contribution in [0.15, 0.2) is 23.1 Å². The maximum absolute atomic E-state index is 11.8. The van der Waals surface area contributed by atoms with Gasteiger partial charge in [0.2, 0.25) is 5.91 Å². The van der Waals surface area contributed by atoms with Gasteiger partial charge in [0.25, 0.3) is 0 Å². The second-order valence-corrected chi connectivity index (χ2v) is 5.12. The summed E-state index contributed by atoms with van der Waals surface area (Å²) in [5.74, 6) is 0.645. The zero-order valence-electron chi connectivity index (χ0n) is 9.43. The average molecular weight is 237 g/mol. The van der Waals surface area contributed by atoms with Gasteiger partial charge in [0, 0.05) is 10.9 Å². The lowest BCUT2D eigenvalue weighted by Gasteiger charge is -2.32. The maximum atomic E-state index is 11.8. The van der Waals surface area contributed by atoms with Crippen molar-refractivity contribution in [3.05, 3.63) is 23.8 Å². The highest BCUT2D eigenvalue weighted by molar-refractivity contribution is 8.00. The highest BCUT2D eigenvalue weighted by Crippen LogP contribution is 2.36. The Labute approximate surface area is 99.5 Å². The Morgan fingerprint density at radius 1 is 1.50 bits per heavy atom. The van der Waals surface area contributed by atoms with Crippen molar-refractivity contribution in [2.45, 2.75) is 31.4 Å². The lowest BCUT2D eigenvalue weighted by atomic mass is 10.1.